The Morgan fingerprint density at radius 3 is 2.71 bits per heavy atom. The van der Waals surface area contributed by atoms with Crippen LogP contribution < -0.4 is 5.32 Å². The maximum absolute atomic E-state index is 3.84. The van der Waals surface area contributed by atoms with Crippen molar-refractivity contribution >= 4 is 23.3 Å². The van der Waals surface area contributed by atoms with E-state index in [4.69, 9.17) is 0 Å². The first-order chi connectivity index (χ1) is 11.2. The Kier molecular flexibility index (Phi) is 4.98. The molecule has 1 aliphatic carbocycles. The lowest BCUT2D eigenvalue weighted by atomic mass is 9.90. The quantitative estimate of drug-likeness (QED) is 0.635. The summed E-state index contributed by atoms with van der Waals surface area (Å²) in [6, 6.07) is 18.2. The fourth-order valence-electron chi connectivity index (χ4n) is 3.88. The van der Waals surface area contributed by atoms with Crippen LogP contribution >= 0.6 is 12.4 Å². The highest BCUT2D eigenvalue weighted by Crippen LogP contribution is 2.36. The van der Waals surface area contributed by atoms with Crippen LogP contribution in [0.1, 0.15) is 54.2 Å². The highest BCUT2D eigenvalue weighted by Gasteiger charge is 2.25. The van der Waals surface area contributed by atoms with Gasteiger partial charge in [-0.3, -0.25) is 0 Å². The minimum Gasteiger partial charge on any atom is -0.357 e. The molecular weight excluding hydrogens is 316 g/mol. The number of aromatic amines is 1. The molecule has 0 radical (unpaired) electrons. The van der Waals surface area contributed by atoms with Crippen molar-refractivity contribution in [2.24, 2.45) is 0 Å². The molecule has 2 N–H and O–H groups in total. The molecule has 0 bridgehead atoms. The van der Waals surface area contributed by atoms with Gasteiger partial charge in [0.15, 0.2) is 0 Å². The molecule has 0 spiro atoms. The minimum absolute atomic E-state index is 0. The molecule has 2 aromatic carbocycles. The number of fused-ring (bicyclic) bond motifs is 3. The third kappa shape index (κ3) is 3.09. The minimum atomic E-state index is 0. The van der Waals surface area contributed by atoms with Gasteiger partial charge >= 0.3 is 0 Å². The number of nitrogens with one attached hydrogen (secondary N) is 2. The van der Waals surface area contributed by atoms with Gasteiger partial charge in [-0.2, -0.15) is 0 Å². The Morgan fingerprint density at radius 1 is 1.12 bits per heavy atom. The van der Waals surface area contributed by atoms with Crippen LogP contribution in [0.2, 0.25) is 0 Å². The second-order valence-corrected chi connectivity index (χ2v) is 6.81. The van der Waals surface area contributed by atoms with E-state index in [1.54, 1.807) is 0 Å². The Bertz CT molecular complexity index is 822. The van der Waals surface area contributed by atoms with Crippen molar-refractivity contribution in [1.82, 2.24) is 10.3 Å². The van der Waals surface area contributed by atoms with E-state index in [-0.39, 0.29) is 12.4 Å². The maximum Gasteiger partial charge on any atom is 0.0480 e. The third-order valence-corrected chi connectivity index (χ3v) is 5.11. The zero-order valence-corrected chi connectivity index (χ0v) is 15.1. The summed E-state index contributed by atoms with van der Waals surface area (Å²) in [5, 5.41) is 5.25. The van der Waals surface area contributed by atoms with Crippen LogP contribution in [-0.2, 0) is 6.42 Å². The zero-order chi connectivity index (χ0) is 15.8. The average molecular weight is 341 g/mol. The van der Waals surface area contributed by atoms with Crippen molar-refractivity contribution in [2.75, 3.05) is 0 Å². The highest BCUT2D eigenvalue weighted by atomic mass is 35.5. The van der Waals surface area contributed by atoms with Crippen molar-refractivity contribution in [1.29, 1.82) is 0 Å². The van der Waals surface area contributed by atoms with Crippen LogP contribution in [0.25, 0.3) is 10.9 Å². The number of hydrogen-bond donors (Lipinski definition) is 2. The van der Waals surface area contributed by atoms with Crippen molar-refractivity contribution < 1.29 is 0 Å². The second-order valence-electron chi connectivity index (χ2n) is 6.81. The Balaban J connectivity index is 0.00000169. The van der Waals surface area contributed by atoms with Gasteiger partial charge in [0.2, 0.25) is 0 Å². The Labute approximate surface area is 150 Å². The number of rotatable bonds is 3. The first kappa shape index (κ1) is 17.1. The van der Waals surface area contributed by atoms with Gasteiger partial charge in [0.25, 0.3) is 0 Å². The number of aryl methyl sites for hydroxylation is 2. The predicted molar refractivity (Wildman–Crippen MR) is 104 cm³/mol. The lowest BCUT2D eigenvalue weighted by molar-refractivity contribution is 0.410. The summed E-state index contributed by atoms with van der Waals surface area (Å²) in [4.78, 5) is 3.69. The lowest BCUT2D eigenvalue weighted by Gasteiger charge is -2.27. The topological polar surface area (TPSA) is 27.8 Å². The molecule has 1 unspecified atom stereocenters. The molecule has 2 atom stereocenters. The first-order valence-electron chi connectivity index (χ1n) is 8.64. The molecule has 0 saturated carbocycles. The van der Waals surface area contributed by atoms with Crippen molar-refractivity contribution in [3.63, 3.8) is 0 Å². The van der Waals surface area contributed by atoms with Crippen molar-refractivity contribution in [2.45, 2.75) is 45.2 Å². The van der Waals surface area contributed by atoms with E-state index < -0.39 is 0 Å². The Hall–Kier alpha value is -1.77. The van der Waals surface area contributed by atoms with E-state index in [2.05, 4.69) is 72.7 Å². The van der Waals surface area contributed by atoms with Crippen LogP contribution in [0.3, 0.4) is 0 Å². The molecule has 1 aromatic heterocycles. The normalized spacial score (nSPS) is 18.0. The summed E-state index contributed by atoms with van der Waals surface area (Å²) < 4.78 is 0. The molecule has 1 heterocycles. The van der Waals surface area contributed by atoms with Gasteiger partial charge in [0, 0.05) is 28.7 Å². The largest absolute Gasteiger partial charge is 0.357 e. The van der Waals surface area contributed by atoms with Gasteiger partial charge < -0.3 is 10.3 Å². The fourth-order valence-corrected chi connectivity index (χ4v) is 3.88. The molecule has 0 fully saturated rings. The molecule has 2 nitrogen and oxygen atoms in total. The van der Waals surface area contributed by atoms with Gasteiger partial charge in [-0.15, -0.1) is 12.4 Å². The average Bonchev–Trinajstić information content (AvgIpc) is 2.95. The van der Waals surface area contributed by atoms with Crippen molar-refractivity contribution in [3.05, 3.63) is 70.9 Å². The maximum atomic E-state index is 3.84. The van der Waals surface area contributed by atoms with E-state index in [1.165, 1.54) is 52.5 Å². The molecule has 0 amide bonds. The smallest absolute Gasteiger partial charge is 0.0480 e. The molecule has 1 aliphatic rings. The summed E-state index contributed by atoms with van der Waals surface area (Å²) in [5.74, 6) is 0. The molecule has 126 valence electrons. The van der Waals surface area contributed by atoms with Crippen LogP contribution in [0, 0.1) is 6.92 Å². The number of aromatic nitrogens is 1. The predicted octanol–water partition coefficient (Wildman–Crippen LogP) is 5.63. The Morgan fingerprint density at radius 2 is 1.92 bits per heavy atom. The number of benzene rings is 2. The summed E-state index contributed by atoms with van der Waals surface area (Å²) in [7, 11) is 0. The highest BCUT2D eigenvalue weighted by molar-refractivity contribution is 5.86. The van der Waals surface area contributed by atoms with E-state index in [1.807, 2.05) is 0 Å². The van der Waals surface area contributed by atoms with E-state index >= 15 is 0 Å². The van der Waals surface area contributed by atoms with Gasteiger partial charge in [0.05, 0.1) is 0 Å². The van der Waals surface area contributed by atoms with Crippen LogP contribution in [0.4, 0.5) is 0 Å². The van der Waals surface area contributed by atoms with Crippen LogP contribution in [-0.4, -0.2) is 4.98 Å². The van der Waals surface area contributed by atoms with Crippen molar-refractivity contribution in [3.8, 4) is 0 Å². The zero-order valence-electron chi connectivity index (χ0n) is 14.3. The first-order valence-corrected chi connectivity index (χ1v) is 8.64. The lowest BCUT2D eigenvalue weighted by Crippen LogP contribution is -2.27. The molecule has 0 saturated heterocycles. The SMILES string of the molecule is Cc1ccc2[nH]c3c(c2c1)CCCC3N[C@H](C)c1ccccc1.Cl. The molecular formula is C21H25ClN2. The second kappa shape index (κ2) is 7.00. The van der Waals surface area contributed by atoms with E-state index in [0.717, 1.165) is 0 Å². The van der Waals surface area contributed by atoms with Gasteiger partial charge in [-0.1, -0.05) is 42.0 Å². The van der Waals surface area contributed by atoms with E-state index in [9.17, 15) is 0 Å². The standard InChI is InChI=1S/C21H24N2.ClH/c1-14-11-12-19-18(13-14)17-9-6-10-20(21(17)23-19)22-15(2)16-7-4-3-5-8-16;/h3-5,7-8,11-13,15,20,22-23H,6,9-10H2,1-2H3;1H/t15-,20?;/m1./s1. The summed E-state index contributed by atoms with van der Waals surface area (Å²) in [6.07, 6.45) is 3.65. The van der Waals surface area contributed by atoms with E-state index in [0.29, 0.717) is 12.1 Å². The van der Waals surface area contributed by atoms with Crippen LogP contribution in [0.5, 0.6) is 0 Å². The molecule has 3 heteroatoms. The number of H-pyrrole nitrogens is 1. The van der Waals surface area contributed by atoms with Gasteiger partial charge in [0.1, 0.15) is 0 Å². The molecule has 3 aromatic rings. The van der Waals surface area contributed by atoms with Crippen LogP contribution in [0.15, 0.2) is 48.5 Å². The number of halogens is 1. The van der Waals surface area contributed by atoms with Gasteiger partial charge in [-0.05, 0) is 56.4 Å². The molecule has 0 aliphatic heterocycles. The van der Waals surface area contributed by atoms with Gasteiger partial charge in [-0.25, -0.2) is 0 Å². The third-order valence-electron chi connectivity index (χ3n) is 5.11. The monoisotopic (exact) mass is 340 g/mol. The summed E-state index contributed by atoms with van der Waals surface area (Å²) in [6.45, 7) is 4.44. The summed E-state index contributed by atoms with van der Waals surface area (Å²) >= 11 is 0. The number of hydrogen-bond acceptors (Lipinski definition) is 1. The summed E-state index contributed by atoms with van der Waals surface area (Å²) in [5.41, 5.74) is 6.90. The molecule has 24 heavy (non-hydrogen) atoms. The molecule has 4 rings (SSSR count). The fraction of sp³-hybridized carbons (Fsp3) is 0.333.